The summed E-state index contributed by atoms with van der Waals surface area (Å²) >= 11 is 0. The number of benzene rings is 1. The summed E-state index contributed by atoms with van der Waals surface area (Å²) in [5, 5.41) is 21.6. The first-order chi connectivity index (χ1) is 7.88. The van der Waals surface area contributed by atoms with Gasteiger partial charge in [-0.2, -0.15) is 0 Å². The van der Waals surface area contributed by atoms with Crippen molar-refractivity contribution >= 4 is 5.91 Å². The molecule has 4 nitrogen and oxygen atoms in total. The van der Waals surface area contributed by atoms with Crippen molar-refractivity contribution in [2.75, 3.05) is 0 Å². The number of nitrogens with one attached hydrogen (secondary N) is 1. The molecule has 1 amide bonds. The maximum absolute atomic E-state index is 12.0. The first-order valence-electron chi connectivity index (χ1n) is 5.74. The number of aromatic hydroxyl groups is 2. The molecule has 2 rings (SSSR count). The van der Waals surface area contributed by atoms with Crippen LogP contribution in [0.15, 0.2) is 18.2 Å². The van der Waals surface area contributed by atoms with E-state index in [1.807, 2.05) is 13.8 Å². The van der Waals surface area contributed by atoms with Gasteiger partial charge in [-0.05, 0) is 44.7 Å². The van der Waals surface area contributed by atoms with E-state index < -0.39 is 0 Å². The smallest absolute Gasteiger partial charge is 0.251 e. The van der Waals surface area contributed by atoms with Gasteiger partial charge in [0.1, 0.15) is 11.5 Å². The van der Waals surface area contributed by atoms with Crippen LogP contribution in [0, 0.1) is 5.92 Å². The Balaban J connectivity index is 2.14. The lowest BCUT2D eigenvalue weighted by molar-refractivity contribution is 0.0902. The molecule has 1 saturated carbocycles. The number of phenolic OH excluding ortho intramolecular Hbond substituents is 2. The summed E-state index contributed by atoms with van der Waals surface area (Å²) in [5.41, 5.74) is 0.0363. The minimum atomic E-state index is -0.270. The van der Waals surface area contributed by atoms with Gasteiger partial charge >= 0.3 is 0 Å². The van der Waals surface area contributed by atoms with Crippen LogP contribution in [0.4, 0.5) is 0 Å². The average Bonchev–Trinajstić information content (AvgIpc) is 2.98. The van der Waals surface area contributed by atoms with E-state index in [4.69, 9.17) is 0 Å². The normalized spacial score (nSPS) is 15.6. The van der Waals surface area contributed by atoms with Gasteiger partial charge < -0.3 is 15.5 Å². The Morgan fingerprint density at radius 1 is 1.24 bits per heavy atom. The minimum Gasteiger partial charge on any atom is -0.508 e. The van der Waals surface area contributed by atoms with Gasteiger partial charge in [-0.15, -0.1) is 0 Å². The van der Waals surface area contributed by atoms with Crippen LogP contribution in [0.3, 0.4) is 0 Å². The molecule has 1 fully saturated rings. The molecule has 3 N–H and O–H groups in total. The Morgan fingerprint density at radius 3 is 2.24 bits per heavy atom. The summed E-state index contributed by atoms with van der Waals surface area (Å²) in [6.45, 7) is 3.98. The van der Waals surface area contributed by atoms with Gasteiger partial charge in [0, 0.05) is 17.2 Å². The number of rotatable bonds is 3. The quantitative estimate of drug-likeness (QED) is 0.750. The van der Waals surface area contributed by atoms with Crippen LogP contribution in [-0.2, 0) is 0 Å². The molecule has 17 heavy (non-hydrogen) atoms. The summed E-state index contributed by atoms with van der Waals surface area (Å²) in [6, 6.07) is 3.89. The molecule has 0 atom stereocenters. The Morgan fingerprint density at radius 2 is 1.76 bits per heavy atom. The second kappa shape index (κ2) is 3.95. The van der Waals surface area contributed by atoms with E-state index in [1.54, 1.807) is 0 Å². The third-order valence-corrected chi connectivity index (χ3v) is 3.20. The van der Waals surface area contributed by atoms with Crippen molar-refractivity contribution in [3.05, 3.63) is 23.8 Å². The molecule has 0 saturated heterocycles. The number of hydrogen-bond acceptors (Lipinski definition) is 3. The molecule has 0 aromatic heterocycles. The lowest BCUT2D eigenvalue weighted by Crippen LogP contribution is -2.45. The zero-order valence-electron chi connectivity index (χ0n) is 10.0. The number of amides is 1. The molecule has 0 unspecified atom stereocenters. The highest BCUT2D eigenvalue weighted by Gasteiger charge is 2.38. The molecule has 4 heteroatoms. The molecule has 92 valence electrons. The predicted octanol–water partition coefficient (Wildman–Crippen LogP) is 2.02. The van der Waals surface area contributed by atoms with Crippen LogP contribution in [0.25, 0.3) is 0 Å². The SMILES string of the molecule is CC(C)(NC(=O)c1cc(O)cc(O)c1)C1CC1. The fourth-order valence-electron chi connectivity index (χ4n) is 2.00. The summed E-state index contributed by atoms with van der Waals surface area (Å²) in [5.74, 6) is 0.0317. The maximum Gasteiger partial charge on any atom is 0.251 e. The second-order valence-corrected chi connectivity index (χ2v) is 5.19. The molecule has 1 aromatic rings. The van der Waals surface area contributed by atoms with E-state index in [2.05, 4.69) is 5.32 Å². The van der Waals surface area contributed by atoms with Gasteiger partial charge in [-0.25, -0.2) is 0 Å². The lowest BCUT2D eigenvalue weighted by Gasteiger charge is -2.26. The largest absolute Gasteiger partial charge is 0.508 e. The number of carbonyl (C=O) groups excluding carboxylic acids is 1. The highest BCUT2D eigenvalue weighted by atomic mass is 16.3. The van der Waals surface area contributed by atoms with E-state index in [0.29, 0.717) is 5.92 Å². The predicted molar refractivity (Wildman–Crippen MR) is 64.0 cm³/mol. The van der Waals surface area contributed by atoms with E-state index in [-0.39, 0.29) is 28.5 Å². The van der Waals surface area contributed by atoms with Gasteiger partial charge in [0.2, 0.25) is 0 Å². The second-order valence-electron chi connectivity index (χ2n) is 5.19. The van der Waals surface area contributed by atoms with Gasteiger partial charge in [0.05, 0.1) is 0 Å². The van der Waals surface area contributed by atoms with Crippen molar-refractivity contribution in [3.8, 4) is 11.5 Å². The number of phenols is 2. The van der Waals surface area contributed by atoms with E-state index in [1.165, 1.54) is 18.2 Å². The van der Waals surface area contributed by atoms with Crippen molar-refractivity contribution in [1.29, 1.82) is 0 Å². The van der Waals surface area contributed by atoms with Crippen molar-refractivity contribution in [1.82, 2.24) is 5.32 Å². The van der Waals surface area contributed by atoms with Crippen molar-refractivity contribution in [3.63, 3.8) is 0 Å². The molecule has 0 bridgehead atoms. The number of hydrogen-bond donors (Lipinski definition) is 3. The van der Waals surface area contributed by atoms with E-state index in [9.17, 15) is 15.0 Å². The molecular weight excluding hydrogens is 218 g/mol. The van der Waals surface area contributed by atoms with Crippen LogP contribution in [0.5, 0.6) is 11.5 Å². The minimum absolute atomic E-state index is 0.112. The maximum atomic E-state index is 12.0. The summed E-state index contributed by atoms with van der Waals surface area (Å²) in [4.78, 5) is 12.0. The van der Waals surface area contributed by atoms with Crippen LogP contribution < -0.4 is 5.32 Å². The molecule has 1 aromatic carbocycles. The first-order valence-corrected chi connectivity index (χ1v) is 5.74. The van der Waals surface area contributed by atoms with Gasteiger partial charge in [-0.3, -0.25) is 4.79 Å². The Kier molecular flexibility index (Phi) is 2.73. The Bertz CT molecular complexity index is 430. The van der Waals surface area contributed by atoms with E-state index in [0.717, 1.165) is 12.8 Å². The van der Waals surface area contributed by atoms with Crippen LogP contribution in [-0.4, -0.2) is 21.7 Å². The van der Waals surface area contributed by atoms with Crippen LogP contribution >= 0.6 is 0 Å². The van der Waals surface area contributed by atoms with Crippen LogP contribution in [0.1, 0.15) is 37.0 Å². The van der Waals surface area contributed by atoms with Gasteiger partial charge in [0.25, 0.3) is 5.91 Å². The molecular formula is C13H17NO3. The molecule has 1 aliphatic rings. The summed E-state index contributed by atoms with van der Waals surface area (Å²) in [6.07, 6.45) is 2.27. The molecule has 0 heterocycles. The summed E-state index contributed by atoms with van der Waals surface area (Å²) < 4.78 is 0. The molecule has 0 radical (unpaired) electrons. The van der Waals surface area contributed by atoms with Gasteiger partial charge in [0.15, 0.2) is 0 Å². The van der Waals surface area contributed by atoms with Crippen molar-refractivity contribution in [2.45, 2.75) is 32.2 Å². The zero-order chi connectivity index (χ0) is 12.6. The first kappa shape index (κ1) is 11.8. The zero-order valence-corrected chi connectivity index (χ0v) is 10.0. The van der Waals surface area contributed by atoms with Crippen molar-refractivity contribution < 1.29 is 15.0 Å². The molecule has 0 aliphatic heterocycles. The Hall–Kier alpha value is -1.71. The fraction of sp³-hybridized carbons (Fsp3) is 0.462. The highest BCUT2D eigenvalue weighted by Crippen LogP contribution is 2.39. The number of carbonyl (C=O) groups is 1. The topological polar surface area (TPSA) is 69.6 Å². The fourth-order valence-corrected chi connectivity index (χ4v) is 2.00. The third-order valence-electron chi connectivity index (χ3n) is 3.20. The van der Waals surface area contributed by atoms with E-state index >= 15 is 0 Å². The monoisotopic (exact) mass is 235 g/mol. The molecule has 1 aliphatic carbocycles. The van der Waals surface area contributed by atoms with Gasteiger partial charge in [-0.1, -0.05) is 0 Å². The Labute approximate surface area is 100 Å². The summed E-state index contributed by atoms with van der Waals surface area (Å²) in [7, 11) is 0. The molecule has 0 spiro atoms. The third kappa shape index (κ3) is 2.70. The van der Waals surface area contributed by atoms with Crippen molar-refractivity contribution in [2.24, 2.45) is 5.92 Å². The standard InChI is InChI=1S/C13H17NO3/c1-13(2,9-3-4-9)14-12(17)8-5-10(15)7-11(16)6-8/h5-7,9,15-16H,3-4H2,1-2H3,(H,14,17). The average molecular weight is 235 g/mol. The lowest BCUT2D eigenvalue weighted by atomic mass is 9.98. The van der Waals surface area contributed by atoms with Crippen LogP contribution in [0.2, 0.25) is 0 Å². The highest BCUT2D eigenvalue weighted by molar-refractivity contribution is 5.95.